The number of nitrogens with one attached hydrogen (secondary N) is 2. The number of hydrogen-bond donors (Lipinski definition) is 3. The van der Waals surface area contributed by atoms with Crippen molar-refractivity contribution >= 4 is 39.4 Å². The molecule has 1 aromatic carbocycles. The molecule has 106 valence electrons. The van der Waals surface area contributed by atoms with Crippen molar-refractivity contribution in [3.8, 4) is 0 Å². The van der Waals surface area contributed by atoms with Crippen LogP contribution in [0.2, 0.25) is 0 Å². The van der Waals surface area contributed by atoms with E-state index in [0.717, 1.165) is 4.47 Å². The highest BCUT2D eigenvalue weighted by Crippen LogP contribution is 2.38. The quantitative estimate of drug-likeness (QED) is 0.751. The third kappa shape index (κ3) is 3.80. The summed E-state index contributed by atoms with van der Waals surface area (Å²) in [6.07, 6.45) is 0.343. The first-order valence-electron chi connectivity index (χ1n) is 6.03. The van der Waals surface area contributed by atoms with Gasteiger partial charge in [0, 0.05) is 10.2 Å². The van der Waals surface area contributed by atoms with Gasteiger partial charge in [-0.25, -0.2) is 0 Å². The number of amides is 2. The smallest absolute Gasteiger partial charge is 0.307 e. The Morgan fingerprint density at radius 3 is 2.40 bits per heavy atom. The van der Waals surface area contributed by atoms with E-state index < -0.39 is 17.8 Å². The van der Waals surface area contributed by atoms with E-state index in [-0.39, 0.29) is 18.4 Å². The second-order valence-electron chi connectivity index (χ2n) is 4.56. The van der Waals surface area contributed by atoms with Crippen LogP contribution in [0.25, 0.3) is 0 Å². The third-order valence-corrected chi connectivity index (χ3v) is 3.52. The van der Waals surface area contributed by atoms with Crippen LogP contribution in [-0.4, -0.2) is 29.4 Å². The number of rotatable bonds is 5. The van der Waals surface area contributed by atoms with Crippen molar-refractivity contribution in [3.05, 3.63) is 28.7 Å². The molecule has 2 rings (SSSR count). The summed E-state index contributed by atoms with van der Waals surface area (Å²) in [5.74, 6) is -2.82. The Bertz CT molecular complexity index is 544. The van der Waals surface area contributed by atoms with Crippen LogP contribution in [-0.2, 0) is 14.4 Å². The Labute approximate surface area is 123 Å². The van der Waals surface area contributed by atoms with E-state index >= 15 is 0 Å². The number of aliphatic carboxylic acids is 1. The van der Waals surface area contributed by atoms with Crippen LogP contribution in [0.3, 0.4) is 0 Å². The minimum Gasteiger partial charge on any atom is -0.481 e. The summed E-state index contributed by atoms with van der Waals surface area (Å²) in [5.41, 5.74) is 0.627. The SMILES string of the molecule is O=C(CNC(=O)C1CC1C(=O)O)Nc1ccc(Br)cc1. The lowest BCUT2D eigenvalue weighted by atomic mass is 10.3. The normalized spacial score (nSPS) is 20.1. The van der Waals surface area contributed by atoms with E-state index in [1.807, 2.05) is 0 Å². The number of benzene rings is 1. The van der Waals surface area contributed by atoms with Gasteiger partial charge in [0.2, 0.25) is 11.8 Å². The van der Waals surface area contributed by atoms with Crippen LogP contribution in [0, 0.1) is 11.8 Å². The van der Waals surface area contributed by atoms with E-state index in [4.69, 9.17) is 5.11 Å². The molecule has 20 heavy (non-hydrogen) atoms. The van der Waals surface area contributed by atoms with Crippen molar-refractivity contribution in [1.82, 2.24) is 5.32 Å². The lowest BCUT2D eigenvalue weighted by Gasteiger charge is -2.06. The summed E-state index contributed by atoms with van der Waals surface area (Å²) in [6, 6.07) is 7.03. The van der Waals surface area contributed by atoms with E-state index in [2.05, 4.69) is 26.6 Å². The van der Waals surface area contributed by atoms with Crippen LogP contribution in [0.15, 0.2) is 28.7 Å². The summed E-state index contributed by atoms with van der Waals surface area (Å²) in [5, 5.41) is 13.8. The van der Waals surface area contributed by atoms with Crippen LogP contribution in [0.4, 0.5) is 5.69 Å². The zero-order valence-corrected chi connectivity index (χ0v) is 12.0. The lowest BCUT2D eigenvalue weighted by molar-refractivity contribution is -0.140. The number of carbonyl (C=O) groups excluding carboxylic acids is 2. The molecule has 2 amide bonds. The highest BCUT2D eigenvalue weighted by atomic mass is 79.9. The van der Waals surface area contributed by atoms with Gasteiger partial charge in [-0.1, -0.05) is 15.9 Å². The molecule has 1 saturated carbocycles. The standard InChI is InChI=1S/C13H13BrN2O4/c14-7-1-3-8(4-2-7)16-11(17)6-15-12(18)9-5-10(9)13(19)20/h1-4,9-10H,5-6H2,(H,15,18)(H,16,17)(H,19,20). The van der Waals surface area contributed by atoms with E-state index in [1.54, 1.807) is 24.3 Å². The number of anilines is 1. The molecule has 0 aliphatic heterocycles. The van der Waals surface area contributed by atoms with Gasteiger partial charge in [-0.15, -0.1) is 0 Å². The van der Waals surface area contributed by atoms with Gasteiger partial charge in [-0.3, -0.25) is 14.4 Å². The predicted molar refractivity (Wildman–Crippen MR) is 75.0 cm³/mol. The molecule has 1 aromatic rings. The molecule has 2 atom stereocenters. The Morgan fingerprint density at radius 1 is 1.20 bits per heavy atom. The molecule has 1 aliphatic carbocycles. The van der Waals surface area contributed by atoms with Gasteiger partial charge in [0.25, 0.3) is 0 Å². The summed E-state index contributed by atoms with van der Waals surface area (Å²) in [7, 11) is 0. The number of carboxylic acid groups (broad SMARTS) is 1. The Hall–Kier alpha value is -1.89. The van der Waals surface area contributed by atoms with Gasteiger partial charge in [0.05, 0.1) is 18.4 Å². The van der Waals surface area contributed by atoms with Crippen LogP contribution in [0.1, 0.15) is 6.42 Å². The second kappa shape index (κ2) is 6.04. The maximum Gasteiger partial charge on any atom is 0.307 e. The minimum atomic E-state index is -0.968. The Morgan fingerprint density at radius 2 is 1.85 bits per heavy atom. The topological polar surface area (TPSA) is 95.5 Å². The molecule has 6 nitrogen and oxygen atoms in total. The van der Waals surface area contributed by atoms with Crippen LogP contribution < -0.4 is 10.6 Å². The molecule has 3 N–H and O–H groups in total. The van der Waals surface area contributed by atoms with Gasteiger partial charge in [0.1, 0.15) is 0 Å². The van der Waals surface area contributed by atoms with Gasteiger partial charge in [-0.2, -0.15) is 0 Å². The van der Waals surface area contributed by atoms with Crippen molar-refractivity contribution in [2.75, 3.05) is 11.9 Å². The van der Waals surface area contributed by atoms with Crippen molar-refractivity contribution in [2.45, 2.75) is 6.42 Å². The fourth-order valence-corrected chi connectivity index (χ4v) is 2.06. The molecule has 0 bridgehead atoms. The summed E-state index contributed by atoms with van der Waals surface area (Å²) in [4.78, 5) is 33.8. The molecule has 7 heteroatoms. The van der Waals surface area contributed by atoms with Crippen molar-refractivity contribution in [3.63, 3.8) is 0 Å². The summed E-state index contributed by atoms with van der Waals surface area (Å²) < 4.78 is 0.900. The maximum atomic E-state index is 11.6. The molecule has 0 aromatic heterocycles. The summed E-state index contributed by atoms with van der Waals surface area (Å²) in [6.45, 7) is -0.169. The highest BCUT2D eigenvalue weighted by Gasteiger charge is 2.48. The van der Waals surface area contributed by atoms with E-state index in [9.17, 15) is 14.4 Å². The fraction of sp³-hybridized carbons (Fsp3) is 0.308. The first kappa shape index (κ1) is 14.5. The van der Waals surface area contributed by atoms with Crippen molar-refractivity contribution < 1.29 is 19.5 Å². The number of carbonyl (C=O) groups is 3. The predicted octanol–water partition coefficient (Wildman–Crippen LogP) is 1.22. The molecule has 0 radical (unpaired) electrons. The molecule has 0 spiro atoms. The van der Waals surface area contributed by atoms with Crippen LogP contribution >= 0.6 is 15.9 Å². The second-order valence-corrected chi connectivity index (χ2v) is 5.48. The fourth-order valence-electron chi connectivity index (χ4n) is 1.79. The molecule has 1 fully saturated rings. The molecule has 0 saturated heterocycles. The Kier molecular flexibility index (Phi) is 4.39. The van der Waals surface area contributed by atoms with Crippen molar-refractivity contribution in [2.24, 2.45) is 11.8 Å². The third-order valence-electron chi connectivity index (χ3n) is 3.00. The largest absolute Gasteiger partial charge is 0.481 e. The number of hydrogen-bond acceptors (Lipinski definition) is 3. The first-order chi connectivity index (χ1) is 9.47. The van der Waals surface area contributed by atoms with E-state index in [0.29, 0.717) is 12.1 Å². The maximum absolute atomic E-state index is 11.6. The minimum absolute atomic E-state index is 0.169. The van der Waals surface area contributed by atoms with Crippen molar-refractivity contribution in [1.29, 1.82) is 0 Å². The van der Waals surface area contributed by atoms with Gasteiger partial charge in [-0.05, 0) is 30.7 Å². The Balaban J connectivity index is 1.74. The number of carboxylic acids is 1. The van der Waals surface area contributed by atoms with E-state index in [1.165, 1.54) is 0 Å². The monoisotopic (exact) mass is 340 g/mol. The zero-order chi connectivity index (χ0) is 14.7. The molecule has 2 unspecified atom stereocenters. The molecular formula is C13H13BrN2O4. The average molecular weight is 341 g/mol. The lowest BCUT2D eigenvalue weighted by Crippen LogP contribution is -2.34. The zero-order valence-electron chi connectivity index (χ0n) is 10.4. The molecular weight excluding hydrogens is 328 g/mol. The van der Waals surface area contributed by atoms with Crippen LogP contribution in [0.5, 0.6) is 0 Å². The first-order valence-corrected chi connectivity index (χ1v) is 6.82. The highest BCUT2D eigenvalue weighted by molar-refractivity contribution is 9.10. The molecule has 1 aliphatic rings. The number of halogens is 1. The van der Waals surface area contributed by atoms with Gasteiger partial charge < -0.3 is 15.7 Å². The average Bonchev–Trinajstić information content (AvgIpc) is 3.19. The summed E-state index contributed by atoms with van der Waals surface area (Å²) >= 11 is 3.28. The molecule has 0 heterocycles. The van der Waals surface area contributed by atoms with Gasteiger partial charge >= 0.3 is 5.97 Å². The van der Waals surface area contributed by atoms with Gasteiger partial charge in [0.15, 0.2) is 0 Å².